The molecule has 0 saturated heterocycles. The van der Waals surface area contributed by atoms with Gasteiger partial charge in [-0.15, -0.1) is 0 Å². The van der Waals surface area contributed by atoms with Gasteiger partial charge in [0.2, 0.25) is 0 Å². The number of rotatable bonds is 5. The fourth-order valence-corrected chi connectivity index (χ4v) is 15.8. The fourth-order valence-electron chi connectivity index (χ4n) is 3.35. The van der Waals surface area contributed by atoms with Crippen LogP contribution in [-0.2, 0) is 0 Å². The van der Waals surface area contributed by atoms with Crippen molar-refractivity contribution in [3.8, 4) is 0 Å². The minimum absolute atomic E-state index is 0.387. The molecule has 1 fully saturated rings. The second-order valence-electron chi connectivity index (χ2n) is 6.09. The molecule has 0 unspecified atom stereocenters. The van der Waals surface area contributed by atoms with E-state index in [9.17, 15) is 0 Å². The third kappa shape index (κ3) is 4.69. The quantitative estimate of drug-likeness (QED) is 0.401. The average Bonchev–Trinajstić information content (AvgIpc) is 2.61. The Kier molecular flexibility index (Phi) is 6.94. The van der Waals surface area contributed by atoms with E-state index in [0.29, 0.717) is 6.04 Å². The number of halogens is 3. The molecule has 3 rings (SSSR count). The first kappa shape index (κ1) is 19.0. The van der Waals surface area contributed by atoms with Crippen LogP contribution in [0.5, 0.6) is 0 Å². The fraction of sp³-hybridized carbons (Fsp3) is 0.333. The summed E-state index contributed by atoms with van der Waals surface area (Å²) in [6.45, 7) is 0. The van der Waals surface area contributed by atoms with E-state index in [-0.39, 0.29) is 0 Å². The van der Waals surface area contributed by atoms with Gasteiger partial charge in [-0.25, -0.2) is 0 Å². The molecule has 0 N–H and O–H groups in total. The second kappa shape index (κ2) is 8.75. The van der Waals surface area contributed by atoms with Crippen LogP contribution in [-0.4, -0.2) is 20.4 Å². The summed E-state index contributed by atoms with van der Waals surface area (Å²) in [5.41, 5.74) is 0. The zero-order valence-electron chi connectivity index (χ0n) is 13.4. The molecule has 2 aromatic carbocycles. The van der Waals surface area contributed by atoms with Gasteiger partial charge >= 0.3 is 162 Å². The predicted octanol–water partition coefficient (Wildman–Crippen LogP) is 5.82. The van der Waals surface area contributed by atoms with Gasteiger partial charge in [-0.3, -0.25) is 0 Å². The molecule has 0 aliphatic heterocycles. The molecule has 128 valence electrons. The number of benzene rings is 2. The van der Waals surface area contributed by atoms with Gasteiger partial charge in [0.1, 0.15) is 0 Å². The first-order valence-electron chi connectivity index (χ1n) is 8.33. The molecule has 2 aromatic rings. The molecule has 0 bridgehead atoms. The average molecular weight is 461 g/mol. The van der Waals surface area contributed by atoms with Crippen LogP contribution in [0.25, 0.3) is 0 Å². The zero-order chi connectivity index (χ0) is 17.0. The molecule has 1 aliphatic carbocycles. The molecule has 1 saturated carbocycles. The molecule has 0 radical (unpaired) electrons. The molecule has 24 heavy (non-hydrogen) atoms. The van der Waals surface area contributed by atoms with Gasteiger partial charge in [-0.05, 0) is 0 Å². The molecule has 0 heterocycles. The molecule has 1 nitrogen and oxygen atoms in total. The first-order valence-corrected chi connectivity index (χ1v) is 18.8. The Hall–Kier alpha value is 0.243. The first-order chi connectivity index (χ1) is 11.6. The Balaban J connectivity index is 2.07. The standard InChI is InChI=1S/C18H21Cl3GeNP/c19-22(20,21)23(16-10-4-1-5-11-16)24(17-12-6-2-7-13-17)18-14-8-3-9-15-18/h2-3,6-9,12-16H,1,4-5,10-11H2. The van der Waals surface area contributed by atoms with Crippen LogP contribution in [0.3, 0.4) is 0 Å². The molecule has 0 atom stereocenters. The summed E-state index contributed by atoms with van der Waals surface area (Å²) < 4.78 is 2.34. The van der Waals surface area contributed by atoms with Crippen molar-refractivity contribution in [1.29, 1.82) is 0 Å². The summed E-state index contributed by atoms with van der Waals surface area (Å²) in [4.78, 5) is 0. The summed E-state index contributed by atoms with van der Waals surface area (Å²) in [6, 6.07) is 21.5. The Morgan fingerprint density at radius 2 is 1.21 bits per heavy atom. The summed E-state index contributed by atoms with van der Waals surface area (Å²) in [5, 5.41) is 2.53. The molecular formula is C18H21Cl3GeNP. The van der Waals surface area contributed by atoms with Crippen LogP contribution < -0.4 is 10.6 Å². The number of hydrogen-bond acceptors (Lipinski definition) is 1. The topological polar surface area (TPSA) is 3.24 Å². The number of nitrogens with zero attached hydrogens (tertiary/aromatic N) is 1. The van der Waals surface area contributed by atoms with E-state index in [2.05, 4.69) is 52.2 Å². The van der Waals surface area contributed by atoms with E-state index in [1.54, 1.807) is 0 Å². The monoisotopic (exact) mass is 461 g/mol. The Bertz CT molecular complexity index is 590. The molecule has 6 heteroatoms. The summed E-state index contributed by atoms with van der Waals surface area (Å²) in [7, 11) is 15.7. The normalized spacial score (nSPS) is 16.7. The maximum absolute atomic E-state index is 6.69. The van der Waals surface area contributed by atoms with Crippen molar-refractivity contribution < 1.29 is 0 Å². The third-order valence-corrected chi connectivity index (χ3v) is 16.1. The van der Waals surface area contributed by atoms with Gasteiger partial charge in [0, 0.05) is 0 Å². The van der Waals surface area contributed by atoms with Gasteiger partial charge in [0.05, 0.1) is 0 Å². The molecule has 0 amide bonds. The van der Waals surface area contributed by atoms with Crippen molar-refractivity contribution in [3.63, 3.8) is 0 Å². The zero-order valence-corrected chi connectivity index (χ0v) is 18.7. The maximum atomic E-state index is 6.69. The van der Waals surface area contributed by atoms with Gasteiger partial charge in [0.15, 0.2) is 0 Å². The van der Waals surface area contributed by atoms with Crippen molar-refractivity contribution >= 4 is 59.4 Å². The molecule has 0 spiro atoms. The Morgan fingerprint density at radius 1 is 0.750 bits per heavy atom. The summed E-state index contributed by atoms with van der Waals surface area (Å²) in [6.07, 6.45) is 6.04. The summed E-state index contributed by atoms with van der Waals surface area (Å²) in [5.74, 6) is 0. The van der Waals surface area contributed by atoms with Crippen molar-refractivity contribution in [2.75, 3.05) is 0 Å². The molecular weight excluding hydrogens is 440 g/mol. The van der Waals surface area contributed by atoms with Crippen LogP contribution in [0, 0.1) is 0 Å². The van der Waals surface area contributed by atoms with Gasteiger partial charge in [-0.2, -0.15) is 0 Å². The van der Waals surface area contributed by atoms with E-state index in [1.165, 1.54) is 29.9 Å². The van der Waals surface area contributed by atoms with Crippen molar-refractivity contribution in [3.05, 3.63) is 60.7 Å². The van der Waals surface area contributed by atoms with Crippen molar-refractivity contribution in [2.24, 2.45) is 0 Å². The van der Waals surface area contributed by atoms with Crippen LogP contribution >= 0.6 is 38.1 Å². The van der Waals surface area contributed by atoms with E-state index in [4.69, 9.17) is 30.0 Å². The third-order valence-electron chi connectivity index (χ3n) is 4.40. The van der Waals surface area contributed by atoms with Crippen LogP contribution in [0.4, 0.5) is 0 Å². The second-order valence-corrected chi connectivity index (χ2v) is 23.5. The Morgan fingerprint density at radius 3 is 1.62 bits per heavy atom. The number of hydrogen-bond donors (Lipinski definition) is 0. The molecule has 0 aromatic heterocycles. The predicted molar refractivity (Wildman–Crippen MR) is 111 cm³/mol. The van der Waals surface area contributed by atoms with Gasteiger partial charge < -0.3 is 0 Å². The summed E-state index contributed by atoms with van der Waals surface area (Å²) >= 11 is 0. The van der Waals surface area contributed by atoms with E-state index in [1.807, 2.05) is 12.1 Å². The van der Waals surface area contributed by atoms with Gasteiger partial charge in [-0.1, -0.05) is 0 Å². The van der Waals surface area contributed by atoms with E-state index in [0.717, 1.165) is 12.8 Å². The van der Waals surface area contributed by atoms with E-state index < -0.39 is 18.8 Å². The SMILES string of the molecule is [Cl][Ge]([Cl])([Cl])[N](C1CCCCC1)P(c1ccccc1)c1ccccc1. The minimum atomic E-state index is -3.59. The Labute approximate surface area is 161 Å². The van der Waals surface area contributed by atoms with E-state index >= 15 is 0 Å². The van der Waals surface area contributed by atoms with Crippen molar-refractivity contribution in [2.45, 2.75) is 38.1 Å². The van der Waals surface area contributed by atoms with Crippen LogP contribution in [0.2, 0.25) is 0 Å². The van der Waals surface area contributed by atoms with Gasteiger partial charge in [0.25, 0.3) is 0 Å². The van der Waals surface area contributed by atoms with Crippen LogP contribution in [0.1, 0.15) is 32.1 Å². The van der Waals surface area contributed by atoms with Crippen LogP contribution in [0.15, 0.2) is 60.7 Å². The molecule has 1 aliphatic rings. The van der Waals surface area contributed by atoms with Crippen molar-refractivity contribution in [1.82, 2.24) is 3.63 Å².